The van der Waals surface area contributed by atoms with Crippen LogP contribution in [0.4, 0.5) is 0 Å². The van der Waals surface area contributed by atoms with Crippen molar-refractivity contribution in [3.8, 4) is 0 Å². The van der Waals surface area contributed by atoms with E-state index in [1.807, 2.05) is 0 Å². The molecule has 22 heavy (non-hydrogen) atoms. The van der Waals surface area contributed by atoms with Gasteiger partial charge in [0.15, 0.2) is 0 Å². The zero-order valence-corrected chi connectivity index (χ0v) is 13.3. The molecular formula is C13H20O9. The standard InChI is InChI=1S/C13H20O9/c1-7(14)19-9(11(16)18-6)10(20-8(2)15)12(17)21-22-13(3,4)5/h9-10H,1-6H3/t9-,10-/m1/s1. The number of hydrogen-bond acceptors (Lipinski definition) is 9. The molecule has 0 aromatic heterocycles. The molecule has 0 saturated carbocycles. The van der Waals surface area contributed by atoms with Gasteiger partial charge in [0, 0.05) is 13.8 Å². The van der Waals surface area contributed by atoms with Crippen LogP contribution < -0.4 is 0 Å². The van der Waals surface area contributed by atoms with E-state index in [0.29, 0.717) is 0 Å². The van der Waals surface area contributed by atoms with Crippen LogP contribution in [0.15, 0.2) is 0 Å². The highest BCUT2D eigenvalue weighted by Crippen LogP contribution is 2.13. The summed E-state index contributed by atoms with van der Waals surface area (Å²) in [5, 5.41) is 0. The first-order valence-corrected chi connectivity index (χ1v) is 6.29. The second-order valence-electron chi connectivity index (χ2n) is 5.18. The fourth-order valence-corrected chi connectivity index (χ4v) is 1.15. The van der Waals surface area contributed by atoms with Crippen molar-refractivity contribution in [2.45, 2.75) is 52.4 Å². The molecule has 0 radical (unpaired) electrons. The number of rotatable bonds is 6. The normalized spacial score (nSPS) is 13.5. The highest BCUT2D eigenvalue weighted by Gasteiger charge is 2.42. The van der Waals surface area contributed by atoms with Crippen LogP contribution in [-0.4, -0.2) is 48.8 Å². The second-order valence-corrected chi connectivity index (χ2v) is 5.18. The second kappa shape index (κ2) is 8.32. The summed E-state index contributed by atoms with van der Waals surface area (Å²) in [7, 11) is 1.01. The van der Waals surface area contributed by atoms with Gasteiger partial charge in [0.1, 0.15) is 5.60 Å². The van der Waals surface area contributed by atoms with E-state index in [4.69, 9.17) is 9.62 Å². The van der Waals surface area contributed by atoms with E-state index in [9.17, 15) is 19.2 Å². The summed E-state index contributed by atoms with van der Waals surface area (Å²) in [6, 6.07) is 0. The Morgan fingerprint density at radius 3 is 1.55 bits per heavy atom. The average molecular weight is 320 g/mol. The highest BCUT2D eigenvalue weighted by molar-refractivity contribution is 5.88. The van der Waals surface area contributed by atoms with Crippen LogP contribution in [0, 0.1) is 0 Å². The lowest BCUT2D eigenvalue weighted by Crippen LogP contribution is -2.47. The first-order chi connectivity index (χ1) is 9.97. The van der Waals surface area contributed by atoms with E-state index in [1.54, 1.807) is 20.8 Å². The summed E-state index contributed by atoms with van der Waals surface area (Å²) in [6.45, 7) is 6.83. The van der Waals surface area contributed by atoms with Crippen LogP contribution in [0.2, 0.25) is 0 Å². The molecule has 0 amide bonds. The molecule has 0 aromatic carbocycles. The maximum absolute atomic E-state index is 11.9. The van der Waals surface area contributed by atoms with Gasteiger partial charge in [-0.15, -0.1) is 0 Å². The molecule has 0 heterocycles. The molecule has 0 saturated heterocycles. The predicted octanol–water partition coefficient (Wildman–Crippen LogP) is 0.296. The lowest BCUT2D eigenvalue weighted by atomic mass is 10.2. The van der Waals surface area contributed by atoms with Crippen molar-refractivity contribution >= 4 is 23.9 Å². The largest absolute Gasteiger partial charge is 0.466 e. The minimum atomic E-state index is -1.85. The molecule has 0 rings (SSSR count). The summed E-state index contributed by atoms with van der Waals surface area (Å²) >= 11 is 0. The first kappa shape index (κ1) is 19.8. The van der Waals surface area contributed by atoms with Crippen LogP contribution in [0.25, 0.3) is 0 Å². The lowest BCUT2D eigenvalue weighted by molar-refractivity contribution is -0.326. The Bertz CT molecular complexity index is 435. The maximum atomic E-state index is 11.9. The Labute approximate surface area is 127 Å². The molecule has 0 unspecified atom stereocenters. The van der Waals surface area contributed by atoms with E-state index in [-0.39, 0.29) is 0 Å². The predicted molar refractivity (Wildman–Crippen MR) is 70.1 cm³/mol. The summed E-state index contributed by atoms with van der Waals surface area (Å²) in [5.74, 6) is -4.08. The van der Waals surface area contributed by atoms with Crippen LogP contribution in [0.3, 0.4) is 0 Å². The van der Waals surface area contributed by atoms with Gasteiger partial charge < -0.3 is 14.2 Å². The molecule has 0 aromatic rings. The van der Waals surface area contributed by atoms with Crippen LogP contribution in [0.5, 0.6) is 0 Å². The number of hydrogen-bond donors (Lipinski definition) is 0. The van der Waals surface area contributed by atoms with Gasteiger partial charge in [-0.05, 0) is 20.8 Å². The molecule has 2 atom stereocenters. The van der Waals surface area contributed by atoms with Gasteiger partial charge in [0.25, 0.3) is 0 Å². The third-order valence-corrected chi connectivity index (χ3v) is 1.90. The van der Waals surface area contributed by atoms with Gasteiger partial charge in [0.2, 0.25) is 12.2 Å². The van der Waals surface area contributed by atoms with Crippen LogP contribution in [0.1, 0.15) is 34.6 Å². The Morgan fingerprint density at radius 1 is 0.818 bits per heavy atom. The van der Waals surface area contributed by atoms with E-state index in [2.05, 4.69) is 14.4 Å². The molecule has 9 nitrogen and oxygen atoms in total. The zero-order valence-electron chi connectivity index (χ0n) is 13.3. The molecule has 0 aliphatic carbocycles. The van der Waals surface area contributed by atoms with E-state index < -0.39 is 41.7 Å². The van der Waals surface area contributed by atoms with Crippen molar-refractivity contribution in [1.29, 1.82) is 0 Å². The molecule has 0 spiro atoms. The monoisotopic (exact) mass is 320 g/mol. The van der Waals surface area contributed by atoms with E-state index in [0.717, 1.165) is 21.0 Å². The van der Waals surface area contributed by atoms with Crippen molar-refractivity contribution in [2.75, 3.05) is 7.11 Å². The first-order valence-electron chi connectivity index (χ1n) is 6.29. The minimum absolute atomic E-state index is 0.835. The highest BCUT2D eigenvalue weighted by atomic mass is 17.2. The van der Waals surface area contributed by atoms with Crippen molar-refractivity contribution in [3.05, 3.63) is 0 Å². The summed E-state index contributed by atoms with van der Waals surface area (Å²) in [5.41, 5.74) is -0.835. The third-order valence-electron chi connectivity index (χ3n) is 1.90. The quantitative estimate of drug-likeness (QED) is 0.295. The number of carbonyl (C=O) groups excluding carboxylic acids is 4. The fourth-order valence-electron chi connectivity index (χ4n) is 1.15. The zero-order chi connectivity index (χ0) is 17.5. The summed E-state index contributed by atoms with van der Waals surface area (Å²) in [4.78, 5) is 55.0. The van der Waals surface area contributed by atoms with Crippen molar-refractivity contribution in [3.63, 3.8) is 0 Å². The SMILES string of the molecule is COC(=O)[C@H](OC(C)=O)[C@@H](OC(C)=O)C(=O)OOC(C)(C)C. The molecule has 0 bridgehead atoms. The minimum Gasteiger partial charge on any atom is -0.466 e. The molecule has 9 heteroatoms. The Kier molecular flexibility index (Phi) is 7.51. The average Bonchev–Trinajstić information content (AvgIpc) is 2.37. The molecule has 0 fully saturated rings. The van der Waals surface area contributed by atoms with Gasteiger partial charge in [-0.3, -0.25) is 14.5 Å². The van der Waals surface area contributed by atoms with Crippen LogP contribution in [-0.2, 0) is 43.2 Å². The third kappa shape index (κ3) is 7.58. The van der Waals surface area contributed by atoms with Crippen molar-refractivity contribution < 1.29 is 43.2 Å². The summed E-state index contributed by atoms with van der Waals surface area (Å²) in [6.07, 6.45) is -3.65. The van der Waals surface area contributed by atoms with E-state index >= 15 is 0 Å². The molecular weight excluding hydrogens is 300 g/mol. The van der Waals surface area contributed by atoms with Gasteiger partial charge in [-0.2, -0.15) is 4.89 Å². The molecule has 0 aliphatic rings. The van der Waals surface area contributed by atoms with Crippen molar-refractivity contribution in [2.24, 2.45) is 0 Å². The van der Waals surface area contributed by atoms with Gasteiger partial charge >= 0.3 is 23.9 Å². The molecule has 0 N–H and O–H groups in total. The number of methoxy groups -OCH3 is 1. The molecule has 126 valence electrons. The number of carbonyl (C=O) groups is 4. The van der Waals surface area contributed by atoms with E-state index in [1.165, 1.54) is 0 Å². The fraction of sp³-hybridized carbons (Fsp3) is 0.692. The Balaban J connectivity index is 5.26. The number of esters is 3. The molecule has 0 aliphatic heterocycles. The topological polar surface area (TPSA) is 114 Å². The lowest BCUT2D eigenvalue weighted by Gasteiger charge is -2.24. The smallest absolute Gasteiger partial charge is 0.387 e. The number of ether oxygens (including phenoxy) is 3. The van der Waals surface area contributed by atoms with Crippen molar-refractivity contribution in [1.82, 2.24) is 0 Å². The maximum Gasteiger partial charge on any atom is 0.387 e. The summed E-state index contributed by atoms with van der Waals surface area (Å²) < 4.78 is 13.8. The Hall–Kier alpha value is -2.16. The van der Waals surface area contributed by atoms with Gasteiger partial charge in [-0.25, -0.2) is 9.59 Å². The van der Waals surface area contributed by atoms with Crippen LogP contribution >= 0.6 is 0 Å². The van der Waals surface area contributed by atoms with Gasteiger partial charge in [0.05, 0.1) is 7.11 Å². The Morgan fingerprint density at radius 2 is 1.23 bits per heavy atom. The van der Waals surface area contributed by atoms with Gasteiger partial charge in [-0.1, -0.05) is 0 Å².